The maximum atomic E-state index is 13.6. The Kier molecular flexibility index (Phi) is 3.94. The van der Waals surface area contributed by atoms with E-state index in [1.165, 1.54) is 0 Å². The number of carbonyl (C=O) groups is 1. The summed E-state index contributed by atoms with van der Waals surface area (Å²) in [6.07, 6.45) is 8.19. The first-order chi connectivity index (χ1) is 15.0. The molecule has 8 heteroatoms. The summed E-state index contributed by atoms with van der Waals surface area (Å²) >= 11 is 0. The summed E-state index contributed by atoms with van der Waals surface area (Å²) in [4.78, 5) is 25.0. The molecule has 0 bridgehead atoms. The van der Waals surface area contributed by atoms with Crippen LogP contribution in [0.5, 0.6) is 0 Å². The lowest BCUT2D eigenvalue weighted by Crippen LogP contribution is -2.36. The van der Waals surface area contributed by atoms with Gasteiger partial charge < -0.3 is 18.5 Å². The number of nitrogens with zero attached hydrogens (tertiary/aromatic N) is 5. The number of hydrogen-bond acceptors (Lipinski definition) is 5. The van der Waals surface area contributed by atoms with Crippen molar-refractivity contribution in [1.29, 1.82) is 0 Å². The molecule has 0 spiro atoms. The number of pyridine rings is 1. The molecule has 6 rings (SSSR count). The topological polar surface area (TPSA) is 81.1 Å². The number of oxazole rings is 1. The van der Waals surface area contributed by atoms with Crippen LogP contribution >= 0.6 is 0 Å². The van der Waals surface area contributed by atoms with Gasteiger partial charge >= 0.3 is 0 Å². The Morgan fingerprint density at radius 2 is 2.00 bits per heavy atom. The van der Waals surface area contributed by atoms with Crippen molar-refractivity contribution in [3.63, 3.8) is 0 Å². The summed E-state index contributed by atoms with van der Waals surface area (Å²) in [7, 11) is 2.02. The Hall–Kier alpha value is -3.29. The van der Waals surface area contributed by atoms with E-state index in [0.29, 0.717) is 30.5 Å². The number of rotatable bonds is 6. The highest BCUT2D eigenvalue weighted by Crippen LogP contribution is 2.40. The van der Waals surface area contributed by atoms with E-state index in [1.807, 2.05) is 36.9 Å². The lowest BCUT2D eigenvalue weighted by molar-refractivity contribution is 0.0719. The standard InChI is InChI=1S/C23H26N6O2/c1-4-28-18(22(30)29(14-5-6-14)15-7-8-15)11-17-19-16(9-10-27(19)3)20(25-21(17)28)26-23-24-12-13(2)31-23/h9-12,14-15H,4-8H2,1-3H3,(H,24,25,26). The van der Waals surface area contributed by atoms with Crippen LogP contribution in [0.25, 0.3) is 21.9 Å². The molecule has 0 aliphatic heterocycles. The monoisotopic (exact) mass is 418 g/mol. The van der Waals surface area contributed by atoms with Gasteiger partial charge in [-0.1, -0.05) is 0 Å². The zero-order chi connectivity index (χ0) is 21.3. The van der Waals surface area contributed by atoms with Crippen molar-refractivity contribution in [2.45, 2.75) is 58.2 Å². The van der Waals surface area contributed by atoms with Gasteiger partial charge in [0, 0.05) is 42.6 Å². The fourth-order valence-corrected chi connectivity index (χ4v) is 4.63. The highest BCUT2D eigenvalue weighted by Gasteiger charge is 2.43. The predicted octanol–water partition coefficient (Wildman–Crippen LogP) is 4.35. The van der Waals surface area contributed by atoms with Gasteiger partial charge in [-0.2, -0.15) is 0 Å². The van der Waals surface area contributed by atoms with E-state index in [1.54, 1.807) is 6.20 Å². The first-order valence-corrected chi connectivity index (χ1v) is 11.1. The van der Waals surface area contributed by atoms with Crippen LogP contribution in [-0.4, -0.2) is 42.0 Å². The van der Waals surface area contributed by atoms with Gasteiger partial charge in [0.15, 0.2) is 0 Å². The van der Waals surface area contributed by atoms with Crippen molar-refractivity contribution in [3.05, 3.63) is 36.0 Å². The molecule has 0 saturated heterocycles. The summed E-state index contributed by atoms with van der Waals surface area (Å²) in [5.41, 5.74) is 2.58. The fourth-order valence-electron chi connectivity index (χ4n) is 4.63. The third-order valence-electron chi connectivity index (χ3n) is 6.37. The zero-order valence-electron chi connectivity index (χ0n) is 18.1. The van der Waals surface area contributed by atoms with Gasteiger partial charge in [-0.05, 0) is 51.7 Å². The van der Waals surface area contributed by atoms with Crippen molar-refractivity contribution < 1.29 is 9.21 Å². The molecule has 0 aromatic carbocycles. The lowest BCUT2D eigenvalue weighted by Gasteiger charge is -2.22. The van der Waals surface area contributed by atoms with Crippen molar-refractivity contribution in [3.8, 4) is 0 Å². The Balaban J connectivity index is 1.53. The molecule has 4 aromatic heterocycles. The summed E-state index contributed by atoms with van der Waals surface area (Å²) in [5, 5.41) is 5.20. The van der Waals surface area contributed by atoms with Crippen molar-refractivity contribution in [2.75, 3.05) is 5.32 Å². The molecule has 0 radical (unpaired) electrons. The van der Waals surface area contributed by atoms with E-state index in [-0.39, 0.29) is 5.91 Å². The van der Waals surface area contributed by atoms with Crippen LogP contribution in [0.2, 0.25) is 0 Å². The number of hydrogen-bond donors (Lipinski definition) is 1. The molecule has 8 nitrogen and oxygen atoms in total. The second-order valence-corrected chi connectivity index (χ2v) is 8.74. The van der Waals surface area contributed by atoms with Crippen LogP contribution in [-0.2, 0) is 13.6 Å². The number of fused-ring (bicyclic) bond motifs is 3. The molecule has 0 unspecified atom stereocenters. The SMILES string of the molecule is CCn1c(C(=O)N(C2CC2)C2CC2)cc2c3c(ccn3C)c(Nc3ncc(C)o3)nc21. The third-order valence-corrected chi connectivity index (χ3v) is 6.37. The summed E-state index contributed by atoms with van der Waals surface area (Å²) in [6, 6.07) is 5.31. The van der Waals surface area contributed by atoms with Gasteiger partial charge in [0.1, 0.15) is 22.9 Å². The van der Waals surface area contributed by atoms with E-state index < -0.39 is 0 Å². The van der Waals surface area contributed by atoms with E-state index in [0.717, 1.165) is 59.1 Å². The fraction of sp³-hybridized carbons (Fsp3) is 0.435. The number of anilines is 2. The number of amides is 1. The Bertz CT molecular complexity index is 1310. The molecule has 2 aliphatic carbocycles. The van der Waals surface area contributed by atoms with E-state index in [4.69, 9.17) is 9.40 Å². The zero-order valence-corrected chi connectivity index (χ0v) is 18.1. The van der Waals surface area contributed by atoms with Gasteiger partial charge in [-0.15, -0.1) is 0 Å². The van der Waals surface area contributed by atoms with E-state index in [9.17, 15) is 4.79 Å². The van der Waals surface area contributed by atoms with Crippen LogP contribution in [0.15, 0.2) is 28.9 Å². The highest BCUT2D eigenvalue weighted by atomic mass is 16.4. The number of nitrogens with one attached hydrogen (secondary N) is 1. The third kappa shape index (κ3) is 2.92. The Morgan fingerprint density at radius 1 is 1.26 bits per heavy atom. The molecule has 160 valence electrons. The predicted molar refractivity (Wildman–Crippen MR) is 119 cm³/mol. The largest absolute Gasteiger partial charge is 0.429 e. The average molecular weight is 419 g/mol. The number of aromatic nitrogens is 4. The van der Waals surface area contributed by atoms with Crippen LogP contribution in [0.4, 0.5) is 11.8 Å². The minimum Gasteiger partial charge on any atom is -0.429 e. The van der Waals surface area contributed by atoms with Crippen molar-refractivity contribution >= 4 is 39.7 Å². The summed E-state index contributed by atoms with van der Waals surface area (Å²) < 4.78 is 9.75. The van der Waals surface area contributed by atoms with Gasteiger partial charge in [0.2, 0.25) is 0 Å². The minimum atomic E-state index is 0.144. The molecule has 31 heavy (non-hydrogen) atoms. The molecule has 0 atom stereocenters. The molecular formula is C23H26N6O2. The van der Waals surface area contributed by atoms with Crippen LogP contribution in [0.1, 0.15) is 48.9 Å². The molecule has 2 aliphatic rings. The second-order valence-electron chi connectivity index (χ2n) is 8.74. The number of aryl methyl sites for hydroxylation is 3. The molecule has 1 N–H and O–H groups in total. The quantitative estimate of drug-likeness (QED) is 0.503. The van der Waals surface area contributed by atoms with Gasteiger partial charge in [0.05, 0.1) is 11.7 Å². The van der Waals surface area contributed by atoms with E-state index >= 15 is 0 Å². The minimum absolute atomic E-state index is 0.144. The van der Waals surface area contributed by atoms with Crippen molar-refractivity contribution in [2.24, 2.45) is 7.05 Å². The molecule has 4 aromatic rings. The Morgan fingerprint density at radius 3 is 2.61 bits per heavy atom. The van der Waals surface area contributed by atoms with Crippen molar-refractivity contribution in [1.82, 2.24) is 24.0 Å². The number of carbonyl (C=O) groups excluding carboxylic acids is 1. The second kappa shape index (κ2) is 6.60. The molecule has 4 heterocycles. The summed E-state index contributed by atoms with van der Waals surface area (Å²) in [5.74, 6) is 1.56. The molecule has 2 saturated carbocycles. The lowest BCUT2D eigenvalue weighted by atomic mass is 10.2. The Labute approximate surface area is 179 Å². The molecule has 2 fully saturated rings. The van der Waals surface area contributed by atoms with Gasteiger partial charge in [-0.3, -0.25) is 10.1 Å². The van der Waals surface area contributed by atoms with Crippen LogP contribution in [0, 0.1) is 6.92 Å². The normalized spacial score (nSPS) is 16.4. The first kappa shape index (κ1) is 18.5. The maximum Gasteiger partial charge on any atom is 0.300 e. The summed E-state index contributed by atoms with van der Waals surface area (Å²) in [6.45, 7) is 4.60. The maximum absolute atomic E-state index is 13.6. The molecule has 1 amide bonds. The average Bonchev–Trinajstić information content (AvgIpc) is 3.66. The molecular weight excluding hydrogens is 392 g/mol. The van der Waals surface area contributed by atoms with E-state index in [2.05, 4.69) is 26.7 Å². The van der Waals surface area contributed by atoms with Gasteiger partial charge in [0.25, 0.3) is 11.9 Å². The van der Waals surface area contributed by atoms with Gasteiger partial charge in [-0.25, -0.2) is 9.97 Å². The van der Waals surface area contributed by atoms with Crippen LogP contribution in [0.3, 0.4) is 0 Å². The first-order valence-electron chi connectivity index (χ1n) is 11.1. The highest BCUT2D eigenvalue weighted by molar-refractivity contribution is 6.11. The van der Waals surface area contributed by atoms with Crippen LogP contribution < -0.4 is 5.32 Å². The smallest absolute Gasteiger partial charge is 0.300 e.